The highest BCUT2D eigenvalue weighted by Gasteiger charge is 2.21. The standard InChI is InChI=1S/C16H16N2O4S/c1-22-13-4-2-3-11(7-13)10-17-23(20,21)14-5-6-15-12(8-14)9-16(19)18-15/h2-8,17H,9-10H2,1H3,(H,18,19). The summed E-state index contributed by atoms with van der Waals surface area (Å²) in [7, 11) is -2.09. The molecule has 1 heterocycles. The van der Waals surface area contributed by atoms with Crippen molar-refractivity contribution < 1.29 is 17.9 Å². The van der Waals surface area contributed by atoms with E-state index in [4.69, 9.17) is 4.74 Å². The first-order valence-electron chi connectivity index (χ1n) is 7.03. The summed E-state index contributed by atoms with van der Waals surface area (Å²) in [4.78, 5) is 11.5. The lowest BCUT2D eigenvalue weighted by Gasteiger charge is -2.09. The molecule has 2 aromatic rings. The van der Waals surface area contributed by atoms with E-state index in [0.717, 1.165) is 5.56 Å². The molecular weight excluding hydrogens is 316 g/mol. The number of ether oxygens (including phenoxy) is 1. The number of benzene rings is 2. The molecular formula is C16H16N2O4S. The number of amides is 1. The van der Waals surface area contributed by atoms with Crippen LogP contribution in [0.1, 0.15) is 11.1 Å². The van der Waals surface area contributed by atoms with Crippen molar-refractivity contribution in [1.82, 2.24) is 4.72 Å². The molecule has 0 bridgehead atoms. The second kappa shape index (κ2) is 6.02. The number of carbonyl (C=O) groups is 1. The minimum atomic E-state index is -3.65. The lowest BCUT2D eigenvalue weighted by atomic mass is 10.2. The molecule has 2 aromatic carbocycles. The highest BCUT2D eigenvalue weighted by molar-refractivity contribution is 7.89. The summed E-state index contributed by atoms with van der Waals surface area (Å²) in [5.74, 6) is 0.544. The van der Waals surface area contributed by atoms with E-state index in [1.165, 1.54) is 12.1 Å². The van der Waals surface area contributed by atoms with E-state index in [1.54, 1.807) is 31.4 Å². The van der Waals surface area contributed by atoms with Gasteiger partial charge in [0, 0.05) is 12.2 Å². The van der Waals surface area contributed by atoms with E-state index >= 15 is 0 Å². The van der Waals surface area contributed by atoms with Crippen molar-refractivity contribution in [1.29, 1.82) is 0 Å². The van der Waals surface area contributed by atoms with Gasteiger partial charge in [-0.3, -0.25) is 4.79 Å². The van der Waals surface area contributed by atoms with Crippen LogP contribution >= 0.6 is 0 Å². The summed E-state index contributed by atoms with van der Waals surface area (Å²) in [6.45, 7) is 0.161. The number of carbonyl (C=O) groups excluding carboxylic acids is 1. The lowest BCUT2D eigenvalue weighted by molar-refractivity contribution is -0.115. The van der Waals surface area contributed by atoms with E-state index in [-0.39, 0.29) is 23.8 Å². The molecule has 1 amide bonds. The number of nitrogens with one attached hydrogen (secondary N) is 2. The number of rotatable bonds is 5. The molecule has 1 aliphatic rings. The molecule has 0 unspecified atom stereocenters. The average Bonchev–Trinajstić information content (AvgIpc) is 2.92. The molecule has 2 N–H and O–H groups in total. The Kier molecular flexibility index (Phi) is 4.06. The number of anilines is 1. The summed E-state index contributed by atoms with van der Waals surface area (Å²) in [6.07, 6.45) is 0.203. The summed E-state index contributed by atoms with van der Waals surface area (Å²) in [5.41, 5.74) is 2.16. The van der Waals surface area contributed by atoms with E-state index in [9.17, 15) is 13.2 Å². The zero-order chi connectivity index (χ0) is 16.4. The van der Waals surface area contributed by atoms with Gasteiger partial charge in [-0.25, -0.2) is 13.1 Å². The fourth-order valence-electron chi connectivity index (χ4n) is 2.42. The lowest BCUT2D eigenvalue weighted by Crippen LogP contribution is -2.23. The van der Waals surface area contributed by atoms with Gasteiger partial charge in [0.15, 0.2) is 0 Å². The highest BCUT2D eigenvalue weighted by atomic mass is 32.2. The molecule has 0 spiro atoms. The molecule has 0 fully saturated rings. The molecule has 120 valence electrons. The van der Waals surface area contributed by atoms with Crippen LogP contribution in [0.3, 0.4) is 0 Å². The largest absolute Gasteiger partial charge is 0.497 e. The normalized spacial score (nSPS) is 13.5. The van der Waals surface area contributed by atoms with Crippen LogP contribution in [0.25, 0.3) is 0 Å². The number of hydrogen-bond donors (Lipinski definition) is 2. The van der Waals surface area contributed by atoms with Crippen LogP contribution in [0.2, 0.25) is 0 Å². The maximum Gasteiger partial charge on any atom is 0.240 e. The van der Waals surface area contributed by atoms with Gasteiger partial charge in [0.2, 0.25) is 15.9 Å². The molecule has 0 radical (unpaired) electrons. The van der Waals surface area contributed by atoms with Crippen molar-refractivity contribution in [3.8, 4) is 5.75 Å². The zero-order valence-corrected chi connectivity index (χ0v) is 13.3. The number of fused-ring (bicyclic) bond motifs is 1. The van der Waals surface area contributed by atoms with Crippen molar-refractivity contribution in [3.63, 3.8) is 0 Å². The van der Waals surface area contributed by atoms with Gasteiger partial charge in [0.05, 0.1) is 18.4 Å². The molecule has 0 saturated heterocycles. The van der Waals surface area contributed by atoms with Crippen LogP contribution in [0.5, 0.6) is 5.75 Å². The molecule has 6 nitrogen and oxygen atoms in total. The molecule has 7 heteroatoms. The third-order valence-corrected chi connectivity index (χ3v) is 5.01. The quantitative estimate of drug-likeness (QED) is 0.872. The average molecular weight is 332 g/mol. The Labute approximate surface area is 134 Å². The predicted molar refractivity (Wildman–Crippen MR) is 85.8 cm³/mol. The second-order valence-corrected chi connectivity index (χ2v) is 6.99. The van der Waals surface area contributed by atoms with Gasteiger partial charge in [0.1, 0.15) is 5.75 Å². The number of hydrogen-bond acceptors (Lipinski definition) is 4. The first-order chi connectivity index (χ1) is 11.0. The minimum absolute atomic E-state index is 0.126. The molecule has 3 rings (SSSR count). The van der Waals surface area contributed by atoms with E-state index in [1.807, 2.05) is 6.07 Å². The molecule has 23 heavy (non-hydrogen) atoms. The fourth-order valence-corrected chi connectivity index (χ4v) is 3.48. The Morgan fingerprint density at radius 3 is 2.83 bits per heavy atom. The van der Waals surface area contributed by atoms with E-state index in [0.29, 0.717) is 17.0 Å². The fraction of sp³-hybridized carbons (Fsp3) is 0.188. The van der Waals surface area contributed by atoms with Crippen LogP contribution in [0.15, 0.2) is 47.4 Å². The smallest absolute Gasteiger partial charge is 0.240 e. The van der Waals surface area contributed by atoms with E-state index in [2.05, 4.69) is 10.0 Å². The van der Waals surface area contributed by atoms with Crippen molar-refractivity contribution >= 4 is 21.6 Å². The van der Waals surface area contributed by atoms with Crippen molar-refractivity contribution in [2.45, 2.75) is 17.9 Å². The van der Waals surface area contributed by atoms with Gasteiger partial charge in [-0.1, -0.05) is 12.1 Å². The van der Waals surface area contributed by atoms with E-state index < -0.39 is 10.0 Å². The van der Waals surface area contributed by atoms with Crippen LogP contribution in [0, 0.1) is 0 Å². The number of methoxy groups -OCH3 is 1. The monoisotopic (exact) mass is 332 g/mol. The van der Waals surface area contributed by atoms with Crippen LogP contribution in [0.4, 0.5) is 5.69 Å². The summed E-state index contributed by atoms with van der Waals surface area (Å²) >= 11 is 0. The molecule has 1 aliphatic heterocycles. The molecule has 0 atom stereocenters. The number of sulfonamides is 1. The van der Waals surface area contributed by atoms with Gasteiger partial charge in [-0.15, -0.1) is 0 Å². The molecule has 0 saturated carbocycles. The Morgan fingerprint density at radius 1 is 1.22 bits per heavy atom. The van der Waals surface area contributed by atoms with Crippen LogP contribution in [-0.2, 0) is 27.8 Å². The first kappa shape index (κ1) is 15.5. The van der Waals surface area contributed by atoms with Gasteiger partial charge in [-0.05, 0) is 41.5 Å². The van der Waals surface area contributed by atoms with Gasteiger partial charge in [-0.2, -0.15) is 0 Å². The highest BCUT2D eigenvalue weighted by Crippen LogP contribution is 2.25. The third kappa shape index (κ3) is 3.35. The van der Waals surface area contributed by atoms with Crippen molar-refractivity contribution in [2.75, 3.05) is 12.4 Å². The molecule has 0 aliphatic carbocycles. The zero-order valence-electron chi connectivity index (χ0n) is 12.5. The summed E-state index contributed by atoms with van der Waals surface area (Å²) in [6, 6.07) is 11.8. The van der Waals surface area contributed by atoms with Gasteiger partial charge >= 0.3 is 0 Å². The van der Waals surface area contributed by atoms with Crippen molar-refractivity contribution in [2.24, 2.45) is 0 Å². The second-order valence-electron chi connectivity index (χ2n) is 5.22. The van der Waals surface area contributed by atoms with Gasteiger partial charge < -0.3 is 10.1 Å². The SMILES string of the molecule is COc1cccc(CNS(=O)(=O)c2ccc3c(c2)CC(=O)N3)c1. The Bertz CT molecular complexity index is 862. The first-order valence-corrected chi connectivity index (χ1v) is 8.51. The van der Waals surface area contributed by atoms with Gasteiger partial charge in [0.25, 0.3) is 0 Å². The van der Waals surface area contributed by atoms with Crippen LogP contribution in [-0.4, -0.2) is 21.4 Å². The van der Waals surface area contributed by atoms with Crippen LogP contribution < -0.4 is 14.8 Å². The minimum Gasteiger partial charge on any atom is -0.497 e. The third-order valence-electron chi connectivity index (χ3n) is 3.61. The Morgan fingerprint density at radius 2 is 2.04 bits per heavy atom. The van der Waals surface area contributed by atoms with Crippen molar-refractivity contribution in [3.05, 3.63) is 53.6 Å². The predicted octanol–water partition coefficient (Wildman–Crippen LogP) is 1.67. The maximum atomic E-state index is 12.4. The summed E-state index contributed by atoms with van der Waals surface area (Å²) < 4.78 is 32.5. The topological polar surface area (TPSA) is 84.5 Å². The molecule has 0 aromatic heterocycles. The Hall–Kier alpha value is -2.38. The summed E-state index contributed by atoms with van der Waals surface area (Å²) in [5, 5.41) is 2.68. The Balaban J connectivity index is 1.77. The maximum absolute atomic E-state index is 12.4.